The lowest BCUT2D eigenvalue weighted by Crippen LogP contribution is -2.13. The van der Waals surface area contributed by atoms with Gasteiger partial charge in [-0.15, -0.1) is 11.6 Å². The number of para-hydroxylation sites is 1. The number of aryl methyl sites for hydroxylation is 1. The highest BCUT2D eigenvalue weighted by Gasteiger charge is 2.13. The number of amidine groups is 1. The molecule has 0 aliphatic rings. The smallest absolute Gasteiger partial charge is 0.340 e. The summed E-state index contributed by atoms with van der Waals surface area (Å²) in [6, 6.07) is 5.24. The van der Waals surface area contributed by atoms with Crippen molar-refractivity contribution in [3.05, 3.63) is 29.3 Å². The summed E-state index contributed by atoms with van der Waals surface area (Å²) in [5.41, 5.74) is 7.29. The number of aliphatic imine (C=N–C) groups is 1. The first-order chi connectivity index (χ1) is 7.60. The van der Waals surface area contributed by atoms with Crippen molar-refractivity contribution >= 4 is 29.1 Å². The van der Waals surface area contributed by atoms with E-state index in [4.69, 9.17) is 17.3 Å². The van der Waals surface area contributed by atoms with Gasteiger partial charge in [-0.2, -0.15) is 0 Å². The number of halogens is 1. The average molecular weight is 241 g/mol. The number of esters is 1. The molecule has 0 bridgehead atoms. The number of carbonyl (C=O) groups is 1. The third kappa shape index (κ3) is 2.73. The average Bonchev–Trinajstić information content (AvgIpc) is 2.30. The Morgan fingerprint density at radius 3 is 2.81 bits per heavy atom. The van der Waals surface area contributed by atoms with Crippen molar-refractivity contribution in [3.63, 3.8) is 0 Å². The normalized spacial score (nSPS) is 11.3. The number of hydrogen-bond acceptors (Lipinski definition) is 3. The molecule has 0 radical (unpaired) electrons. The van der Waals surface area contributed by atoms with Gasteiger partial charge in [0.2, 0.25) is 0 Å². The topological polar surface area (TPSA) is 64.7 Å². The molecule has 0 heterocycles. The fraction of sp³-hybridized carbons (Fsp3) is 0.273. The Bertz CT molecular complexity index is 430. The van der Waals surface area contributed by atoms with Gasteiger partial charge < -0.3 is 10.5 Å². The van der Waals surface area contributed by atoms with Crippen LogP contribution in [-0.2, 0) is 4.74 Å². The Kier molecular flexibility index (Phi) is 4.31. The summed E-state index contributed by atoms with van der Waals surface area (Å²) in [7, 11) is 1.32. The quantitative estimate of drug-likeness (QED) is 0.380. The molecule has 0 amide bonds. The SMILES string of the molecule is COC(=O)c1cccc(C)c1N=C(N)CCl. The second kappa shape index (κ2) is 5.51. The summed E-state index contributed by atoms with van der Waals surface area (Å²) in [5.74, 6) is -0.0551. The lowest BCUT2D eigenvalue weighted by molar-refractivity contribution is 0.0601. The number of hydrogen-bond donors (Lipinski definition) is 1. The summed E-state index contributed by atoms with van der Waals surface area (Å²) in [6.45, 7) is 1.84. The first kappa shape index (κ1) is 12.5. The summed E-state index contributed by atoms with van der Waals surface area (Å²) in [5, 5.41) is 0. The summed E-state index contributed by atoms with van der Waals surface area (Å²) >= 11 is 5.55. The van der Waals surface area contributed by atoms with Gasteiger partial charge in [-0.1, -0.05) is 12.1 Å². The van der Waals surface area contributed by atoms with Crippen LogP contribution in [0.1, 0.15) is 15.9 Å². The van der Waals surface area contributed by atoms with Crippen LogP contribution in [0.4, 0.5) is 5.69 Å². The van der Waals surface area contributed by atoms with E-state index in [1.807, 2.05) is 13.0 Å². The predicted molar refractivity (Wildman–Crippen MR) is 64.5 cm³/mol. The first-order valence-electron chi connectivity index (χ1n) is 4.67. The largest absolute Gasteiger partial charge is 0.465 e. The molecule has 1 aromatic rings. The number of ether oxygens (including phenoxy) is 1. The van der Waals surface area contributed by atoms with Crippen LogP contribution >= 0.6 is 11.6 Å². The number of alkyl halides is 1. The van der Waals surface area contributed by atoms with Crippen molar-refractivity contribution in [2.45, 2.75) is 6.92 Å². The molecule has 0 saturated heterocycles. The molecule has 5 heteroatoms. The predicted octanol–water partition coefficient (Wildman–Crippen LogP) is 2.01. The zero-order chi connectivity index (χ0) is 12.1. The second-order valence-corrected chi connectivity index (χ2v) is 3.47. The Hall–Kier alpha value is -1.55. The minimum atomic E-state index is -0.440. The minimum absolute atomic E-state index is 0.120. The molecule has 0 aromatic heterocycles. The standard InChI is InChI=1S/C11H13ClN2O2/c1-7-4-3-5-8(11(15)16-2)10(7)14-9(13)6-12/h3-5H,6H2,1-2H3,(H2,13,14). The molecular formula is C11H13ClN2O2. The number of benzene rings is 1. The lowest BCUT2D eigenvalue weighted by Gasteiger charge is -2.07. The van der Waals surface area contributed by atoms with Crippen LogP contribution in [0, 0.1) is 6.92 Å². The molecule has 0 aliphatic carbocycles. The molecule has 0 spiro atoms. The molecule has 1 rings (SSSR count). The van der Waals surface area contributed by atoms with E-state index >= 15 is 0 Å². The van der Waals surface area contributed by atoms with E-state index in [9.17, 15) is 4.79 Å². The third-order valence-corrected chi connectivity index (χ3v) is 2.31. The molecule has 4 nitrogen and oxygen atoms in total. The molecule has 0 atom stereocenters. The Labute approximate surface area is 99.1 Å². The van der Waals surface area contributed by atoms with Crippen LogP contribution in [0.15, 0.2) is 23.2 Å². The van der Waals surface area contributed by atoms with Crippen LogP contribution in [0.2, 0.25) is 0 Å². The molecular weight excluding hydrogens is 228 g/mol. The van der Waals surface area contributed by atoms with E-state index < -0.39 is 5.97 Å². The van der Waals surface area contributed by atoms with Gasteiger partial charge in [0.15, 0.2) is 0 Å². The maximum absolute atomic E-state index is 11.5. The monoisotopic (exact) mass is 240 g/mol. The zero-order valence-electron chi connectivity index (χ0n) is 9.16. The zero-order valence-corrected chi connectivity index (χ0v) is 9.91. The third-order valence-electron chi connectivity index (χ3n) is 2.04. The van der Waals surface area contributed by atoms with Gasteiger partial charge in [-0.05, 0) is 18.6 Å². The van der Waals surface area contributed by atoms with Crippen LogP contribution in [0.3, 0.4) is 0 Å². The van der Waals surface area contributed by atoms with E-state index in [2.05, 4.69) is 9.73 Å². The molecule has 86 valence electrons. The summed E-state index contributed by atoms with van der Waals surface area (Å²) < 4.78 is 4.67. The van der Waals surface area contributed by atoms with E-state index in [1.54, 1.807) is 12.1 Å². The molecule has 0 unspecified atom stereocenters. The van der Waals surface area contributed by atoms with E-state index in [0.717, 1.165) is 5.56 Å². The highest BCUT2D eigenvalue weighted by molar-refractivity contribution is 6.28. The maximum Gasteiger partial charge on any atom is 0.340 e. The Morgan fingerprint density at radius 2 is 2.25 bits per heavy atom. The Morgan fingerprint density at radius 1 is 1.56 bits per heavy atom. The highest BCUT2D eigenvalue weighted by Crippen LogP contribution is 2.24. The fourth-order valence-corrected chi connectivity index (χ4v) is 1.32. The molecule has 16 heavy (non-hydrogen) atoms. The van der Waals surface area contributed by atoms with Crippen molar-refractivity contribution in [1.29, 1.82) is 0 Å². The molecule has 0 saturated carbocycles. The summed E-state index contributed by atoms with van der Waals surface area (Å²) in [6.07, 6.45) is 0. The van der Waals surface area contributed by atoms with Crippen LogP contribution < -0.4 is 5.73 Å². The first-order valence-corrected chi connectivity index (χ1v) is 5.20. The van der Waals surface area contributed by atoms with Gasteiger partial charge in [0.1, 0.15) is 5.84 Å². The number of methoxy groups -OCH3 is 1. The maximum atomic E-state index is 11.5. The second-order valence-electron chi connectivity index (χ2n) is 3.20. The van der Waals surface area contributed by atoms with Crippen LogP contribution in [0.25, 0.3) is 0 Å². The summed E-state index contributed by atoms with van der Waals surface area (Å²) in [4.78, 5) is 15.6. The van der Waals surface area contributed by atoms with Gasteiger partial charge in [-0.3, -0.25) is 0 Å². The van der Waals surface area contributed by atoms with E-state index in [1.165, 1.54) is 7.11 Å². The molecule has 1 aromatic carbocycles. The fourth-order valence-electron chi connectivity index (χ4n) is 1.26. The van der Waals surface area contributed by atoms with Crippen LogP contribution in [-0.4, -0.2) is 24.8 Å². The molecule has 0 aliphatic heterocycles. The Balaban J connectivity index is 3.29. The van der Waals surface area contributed by atoms with Gasteiger partial charge in [0.25, 0.3) is 0 Å². The van der Waals surface area contributed by atoms with Gasteiger partial charge in [0, 0.05) is 0 Å². The minimum Gasteiger partial charge on any atom is -0.465 e. The van der Waals surface area contributed by atoms with Crippen molar-refractivity contribution in [1.82, 2.24) is 0 Å². The van der Waals surface area contributed by atoms with Crippen molar-refractivity contribution < 1.29 is 9.53 Å². The number of nitrogens with two attached hydrogens (primary N) is 1. The number of carbonyl (C=O) groups excluding carboxylic acids is 1. The van der Waals surface area contributed by atoms with Crippen molar-refractivity contribution in [2.24, 2.45) is 10.7 Å². The van der Waals surface area contributed by atoms with Gasteiger partial charge in [-0.25, -0.2) is 9.79 Å². The number of nitrogens with zero attached hydrogens (tertiary/aromatic N) is 1. The van der Waals surface area contributed by atoms with Gasteiger partial charge >= 0.3 is 5.97 Å². The van der Waals surface area contributed by atoms with Crippen molar-refractivity contribution in [3.8, 4) is 0 Å². The van der Waals surface area contributed by atoms with E-state index in [0.29, 0.717) is 11.3 Å². The lowest BCUT2D eigenvalue weighted by atomic mass is 10.1. The van der Waals surface area contributed by atoms with Gasteiger partial charge in [0.05, 0.1) is 24.2 Å². The van der Waals surface area contributed by atoms with Crippen molar-refractivity contribution in [2.75, 3.05) is 13.0 Å². The highest BCUT2D eigenvalue weighted by atomic mass is 35.5. The molecule has 0 fully saturated rings. The number of rotatable bonds is 3. The van der Waals surface area contributed by atoms with E-state index in [-0.39, 0.29) is 11.7 Å². The molecule has 2 N–H and O–H groups in total. The van der Waals surface area contributed by atoms with Crippen LogP contribution in [0.5, 0.6) is 0 Å².